The van der Waals surface area contributed by atoms with Gasteiger partial charge in [0.1, 0.15) is 0 Å². The normalized spacial score (nSPS) is 14.7. The molecular weight excluding hydrogens is 292 g/mol. The Morgan fingerprint density at radius 3 is 2.81 bits per heavy atom. The third-order valence-corrected chi connectivity index (χ3v) is 3.71. The van der Waals surface area contributed by atoms with E-state index in [9.17, 15) is 9.59 Å². The van der Waals surface area contributed by atoms with Crippen LogP contribution >= 0.6 is 11.6 Å². The van der Waals surface area contributed by atoms with Gasteiger partial charge in [-0.15, -0.1) is 0 Å². The second-order valence-electron chi connectivity index (χ2n) is 5.08. The van der Waals surface area contributed by atoms with Crippen LogP contribution < -0.4 is 11.1 Å². The van der Waals surface area contributed by atoms with Gasteiger partial charge < -0.3 is 20.9 Å². The molecule has 1 aromatic carbocycles. The summed E-state index contributed by atoms with van der Waals surface area (Å²) in [5.74, 6) is -0.123. The fourth-order valence-corrected chi connectivity index (χ4v) is 2.42. The summed E-state index contributed by atoms with van der Waals surface area (Å²) in [6, 6.07) is 4.97. The van der Waals surface area contributed by atoms with Crippen molar-refractivity contribution >= 4 is 34.9 Å². The lowest BCUT2D eigenvalue weighted by Gasteiger charge is -2.15. The van der Waals surface area contributed by atoms with E-state index in [0.717, 1.165) is 13.1 Å². The van der Waals surface area contributed by atoms with Crippen LogP contribution in [0.1, 0.15) is 12.8 Å². The van der Waals surface area contributed by atoms with E-state index >= 15 is 0 Å². The summed E-state index contributed by atoms with van der Waals surface area (Å²) in [6.45, 7) is 2.05. The number of rotatable bonds is 5. The number of benzene rings is 1. The van der Waals surface area contributed by atoms with Crippen LogP contribution in [0.15, 0.2) is 18.2 Å². The second-order valence-corrected chi connectivity index (χ2v) is 5.49. The minimum atomic E-state index is -0.123. The van der Waals surface area contributed by atoms with Gasteiger partial charge in [-0.1, -0.05) is 11.6 Å². The predicted octanol–water partition coefficient (Wildman–Crippen LogP) is 2.01. The Morgan fingerprint density at radius 2 is 2.19 bits per heavy atom. The van der Waals surface area contributed by atoms with Gasteiger partial charge in [-0.3, -0.25) is 4.79 Å². The Hall–Kier alpha value is -1.95. The van der Waals surface area contributed by atoms with Gasteiger partial charge in [-0.25, -0.2) is 4.79 Å². The van der Waals surface area contributed by atoms with Crippen LogP contribution in [0.2, 0.25) is 5.02 Å². The van der Waals surface area contributed by atoms with Crippen molar-refractivity contribution in [3.8, 4) is 0 Å². The fourth-order valence-electron chi connectivity index (χ4n) is 2.19. The molecule has 1 aliphatic rings. The molecule has 2 rings (SSSR count). The highest BCUT2D eigenvalue weighted by molar-refractivity contribution is 6.34. The van der Waals surface area contributed by atoms with Gasteiger partial charge >= 0.3 is 6.03 Å². The maximum Gasteiger partial charge on any atom is 0.319 e. The molecule has 0 aromatic heterocycles. The molecule has 1 saturated heterocycles. The van der Waals surface area contributed by atoms with Crippen molar-refractivity contribution < 1.29 is 9.59 Å². The summed E-state index contributed by atoms with van der Waals surface area (Å²) in [5, 5.41) is 3.16. The van der Waals surface area contributed by atoms with Crippen LogP contribution in [-0.4, -0.2) is 48.4 Å². The van der Waals surface area contributed by atoms with E-state index in [-0.39, 0.29) is 11.9 Å². The van der Waals surface area contributed by atoms with E-state index in [0.29, 0.717) is 35.8 Å². The number of carbonyl (C=O) groups is 2. The fraction of sp³-hybridized carbons (Fsp3) is 0.429. The predicted molar refractivity (Wildman–Crippen MR) is 83.3 cm³/mol. The van der Waals surface area contributed by atoms with Crippen molar-refractivity contribution in [2.24, 2.45) is 0 Å². The van der Waals surface area contributed by atoms with Crippen molar-refractivity contribution in [2.45, 2.75) is 12.8 Å². The molecule has 0 aliphatic carbocycles. The molecule has 0 bridgehead atoms. The van der Waals surface area contributed by atoms with E-state index in [1.165, 1.54) is 0 Å². The molecule has 1 heterocycles. The molecule has 0 radical (unpaired) electrons. The van der Waals surface area contributed by atoms with Crippen LogP contribution in [0.5, 0.6) is 0 Å². The van der Waals surface area contributed by atoms with Crippen LogP contribution in [0.4, 0.5) is 16.2 Å². The molecule has 0 atom stereocenters. The molecule has 0 saturated carbocycles. The lowest BCUT2D eigenvalue weighted by atomic mass is 10.2. The van der Waals surface area contributed by atoms with E-state index in [1.54, 1.807) is 35.0 Å². The number of hydrogen-bond donors (Lipinski definition) is 2. The first-order valence-electron chi connectivity index (χ1n) is 6.82. The maximum absolute atomic E-state index is 11.9. The first-order chi connectivity index (χ1) is 9.97. The number of halogens is 1. The van der Waals surface area contributed by atoms with Crippen molar-refractivity contribution in [3.05, 3.63) is 23.2 Å². The molecule has 3 amide bonds. The van der Waals surface area contributed by atoms with Crippen LogP contribution in [0.25, 0.3) is 0 Å². The van der Waals surface area contributed by atoms with Crippen molar-refractivity contribution in [2.75, 3.05) is 37.7 Å². The molecular formula is C14H19ClN4O2. The van der Waals surface area contributed by atoms with Crippen molar-refractivity contribution in [3.63, 3.8) is 0 Å². The Balaban J connectivity index is 1.76. The number of amides is 3. The number of nitrogen functional groups attached to an aromatic ring is 1. The molecule has 21 heavy (non-hydrogen) atoms. The zero-order valence-electron chi connectivity index (χ0n) is 11.9. The van der Waals surface area contributed by atoms with Crippen molar-refractivity contribution in [1.82, 2.24) is 9.80 Å². The molecule has 114 valence electrons. The standard InChI is InChI=1S/C14H19ClN4O2/c1-18-7-8-19(14(18)21)6-2-3-13(20)17-12-5-4-10(16)9-11(12)15/h4-5,9H,2-3,6-8,16H2,1H3,(H,17,20). The van der Waals surface area contributed by atoms with E-state index in [4.69, 9.17) is 17.3 Å². The van der Waals surface area contributed by atoms with Gasteiger partial charge in [0.2, 0.25) is 5.91 Å². The number of likely N-dealkylation sites (N-methyl/N-ethyl adjacent to an activating group) is 1. The van der Waals surface area contributed by atoms with Crippen LogP contribution in [-0.2, 0) is 4.79 Å². The van der Waals surface area contributed by atoms with Crippen molar-refractivity contribution in [1.29, 1.82) is 0 Å². The summed E-state index contributed by atoms with van der Waals surface area (Å²) in [4.78, 5) is 27.0. The molecule has 7 heteroatoms. The first kappa shape index (κ1) is 15.4. The summed E-state index contributed by atoms with van der Waals surface area (Å²) < 4.78 is 0. The van der Waals surface area contributed by atoms with E-state index < -0.39 is 0 Å². The number of nitrogens with zero attached hydrogens (tertiary/aromatic N) is 2. The summed E-state index contributed by atoms with van der Waals surface area (Å²) in [5.41, 5.74) is 6.69. The van der Waals surface area contributed by atoms with Gasteiger partial charge in [0.15, 0.2) is 0 Å². The topological polar surface area (TPSA) is 78.7 Å². The number of urea groups is 1. The monoisotopic (exact) mass is 310 g/mol. The lowest BCUT2D eigenvalue weighted by Crippen LogP contribution is -2.30. The van der Waals surface area contributed by atoms with Gasteiger partial charge in [0.05, 0.1) is 10.7 Å². The van der Waals surface area contributed by atoms with Crippen LogP contribution in [0, 0.1) is 0 Å². The summed E-state index contributed by atoms with van der Waals surface area (Å²) in [6.07, 6.45) is 0.964. The van der Waals surface area contributed by atoms with Gasteiger partial charge in [-0.2, -0.15) is 0 Å². The third kappa shape index (κ3) is 4.01. The number of nitrogens with one attached hydrogen (secondary N) is 1. The maximum atomic E-state index is 11.9. The highest BCUT2D eigenvalue weighted by Gasteiger charge is 2.24. The van der Waals surface area contributed by atoms with Gasteiger partial charge in [0.25, 0.3) is 0 Å². The molecule has 3 N–H and O–H groups in total. The zero-order chi connectivity index (χ0) is 15.4. The third-order valence-electron chi connectivity index (χ3n) is 3.40. The number of anilines is 2. The number of carbonyl (C=O) groups excluding carboxylic acids is 2. The highest BCUT2D eigenvalue weighted by Crippen LogP contribution is 2.24. The van der Waals surface area contributed by atoms with E-state index in [1.807, 2.05) is 0 Å². The number of nitrogens with two attached hydrogens (primary N) is 1. The first-order valence-corrected chi connectivity index (χ1v) is 7.20. The molecule has 0 unspecified atom stereocenters. The zero-order valence-corrected chi connectivity index (χ0v) is 12.7. The Labute approximate surface area is 128 Å². The average Bonchev–Trinajstić information content (AvgIpc) is 2.74. The quantitative estimate of drug-likeness (QED) is 0.817. The highest BCUT2D eigenvalue weighted by atomic mass is 35.5. The Bertz CT molecular complexity index is 550. The Morgan fingerprint density at radius 1 is 1.43 bits per heavy atom. The molecule has 1 aliphatic heterocycles. The minimum Gasteiger partial charge on any atom is -0.399 e. The molecule has 1 aromatic rings. The Kier molecular flexibility index (Phi) is 4.90. The molecule has 0 spiro atoms. The van der Waals surface area contributed by atoms with Gasteiger partial charge in [-0.05, 0) is 24.6 Å². The molecule has 1 fully saturated rings. The van der Waals surface area contributed by atoms with Gasteiger partial charge in [0, 0.05) is 38.8 Å². The smallest absolute Gasteiger partial charge is 0.319 e. The summed E-state index contributed by atoms with van der Waals surface area (Å²) >= 11 is 5.99. The lowest BCUT2D eigenvalue weighted by molar-refractivity contribution is -0.116. The van der Waals surface area contributed by atoms with Crippen LogP contribution in [0.3, 0.4) is 0 Å². The average molecular weight is 311 g/mol. The number of hydrogen-bond acceptors (Lipinski definition) is 3. The minimum absolute atomic E-state index is 0.0250. The molecule has 6 nitrogen and oxygen atoms in total. The largest absolute Gasteiger partial charge is 0.399 e. The SMILES string of the molecule is CN1CCN(CCCC(=O)Nc2ccc(N)cc2Cl)C1=O. The second kappa shape index (κ2) is 6.67. The van der Waals surface area contributed by atoms with E-state index in [2.05, 4.69) is 5.32 Å². The summed E-state index contributed by atoms with van der Waals surface area (Å²) in [7, 11) is 1.78.